The molecule has 1 unspecified atom stereocenters. The number of methoxy groups -OCH3 is 2. The molecule has 2 aliphatic heterocycles. The summed E-state index contributed by atoms with van der Waals surface area (Å²) < 4.78 is 12.3. The van der Waals surface area contributed by atoms with Crippen LogP contribution in [-0.4, -0.2) is 210 Å². The number of benzene rings is 1. The number of nitrogens with one attached hydrogen (secondary N) is 2. The second-order valence-electron chi connectivity index (χ2n) is 30.3. The summed E-state index contributed by atoms with van der Waals surface area (Å²) in [5.74, 6) is -10.4. The first-order chi connectivity index (χ1) is 45.3. The van der Waals surface area contributed by atoms with E-state index >= 15 is 0 Å². The summed E-state index contributed by atoms with van der Waals surface area (Å²) in [6, 6.07) is 5.99. The van der Waals surface area contributed by atoms with Crippen LogP contribution in [0.4, 0.5) is 0 Å². The van der Waals surface area contributed by atoms with Crippen molar-refractivity contribution in [3.05, 3.63) is 35.9 Å². The molecule has 0 aromatic heterocycles. The van der Waals surface area contributed by atoms with Gasteiger partial charge in [0.1, 0.15) is 17.6 Å². The summed E-state index contributed by atoms with van der Waals surface area (Å²) in [6.45, 7) is 26.7. The van der Waals surface area contributed by atoms with Gasteiger partial charge in [0.2, 0.25) is 41.4 Å². The zero-order valence-electron chi connectivity index (χ0n) is 61.9. The van der Waals surface area contributed by atoms with Crippen LogP contribution in [0.25, 0.3) is 0 Å². The number of likely N-dealkylation sites (tertiary alicyclic amines) is 2. The molecule has 548 valence electrons. The lowest BCUT2D eigenvalue weighted by atomic mass is 9.80. The monoisotopic (exact) mass is 1360 g/mol. The molecule has 1 aromatic rings. The highest BCUT2D eigenvalue weighted by Crippen LogP contribution is 2.36. The number of unbranched alkanes of at least 4 members (excludes halogenated alkanes) is 2. The van der Waals surface area contributed by atoms with Crippen LogP contribution in [0.15, 0.2) is 30.3 Å². The number of nitrogens with zero attached hydrogens (tertiary/aromatic N) is 5. The zero-order valence-corrected chi connectivity index (χ0v) is 61.9. The van der Waals surface area contributed by atoms with Gasteiger partial charge in [0.05, 0.1) is 42.7 Å². The summed E-state index contributed by atoms with van der Waals surface area (Å²) in [4.78, 5) is 171. The smallest absolute Gasteiger partial charge is 0.326 e. The highest BCUT2D eigenvalue weighted by Gasteiger charge is 2.46. The second kappa shape index (κ2) is 40.0. The van der Waals surface area contributed by atoms with Gasteiger partial charge in [-0.05, 0) is 100 Å². The number of likely N-dealkylation sites (N-methyl/N-ethyl adjacent to an activating group) is 2. The van der Waals surface area contributed by atoms with Gasteiger partial charge in [-0.15, -0.1) is 0 Å². The molecular formula is C74H121N7O16. The lowest BCUT2D eigenvalue weighted by Crippen LogP contribution is -2.54. The average molecular weight is 1360 g/mol. The van der Waals surface area contributed by atoms with E-state index in [9.17, 15) is 67.7 Å². The summed E-state index contributed by atoms with van der Waals surface area (Å²) in [5.41, 5.74) is -0.164. The Kier molecular flexibility index (Phi) is 34.9. The first kappa shape index (κ1) is 84.8. The molecule has 0 aliphatic carbocycles. The fourth-order valence-electron chi connectivity index (χ4n) is 14.0. The predicted molar refractivity (Wildman–Crippen MR) is 370 cm³/mol. The SMILES string of the molecule is CC[C@H](C)[C@@H]([C@@H](CC(=O)N1CCC[C@H]1[C@H](OC)[C@@H](C)C(=O)C[C@H](Cc1ccccc1)C(=O)C[C@@H](CCC(=O)O)C(=O)N[C@@H](CCCCNC(=O)CCN1C(=O)CC(C(C)(C)C)C1=O)C(=O)O)OC)N(C)C(=O)[C@@H](CC(=O)[C@H](C(C)C)N(C)CCCCN(C)C(=O)C(C)(C)C)C(C)C. The number of amides is 7. The van der Waals surface area contributed by atoms with Crippen LogP contribution < -0.4 is 10.6 Å². The molecule has 7 amide bonds. The fraction of sp³-hybridized carbons (Fsp3) is 0.757. The van der Waals surface area contributed by atoms with Crippen LogP contribution in [0.3, 0.4) is 0 Å². The summed E-state index contributed by atoms with van der Waals surface area (Å²) >= 11 is 0. The molecule has 2 aliphatic rings. The van der Waals surface area contributed by atoms with Crippen molar-refractivity contribution in [3.8, 4) is 0 Å². The van der Waals surface area contributed by atoms with Gasteiger partial charge in [0.15, 0.2) is 5.78 Å². The molecule has 3 rings (SSSR count). The van der Waals surface area contributed by atoms with Crippen molar-refractivity contribution in [2.45, 2.75) is 236 Å². The summed E-state index contributed by atoms with van der Waals surface area (Å²) in [7, 11) is 8.46. The molecule has 2 heterocycles. The normalized spacial score (nSPS) is 18.4. The Hall–Kier alpha value is -6.46. The lowest BCUT2D eigenvalue weighted by molar-refractivity contribution is -0.149. The van der Waals surface area contributed by atoms with Gasteiger partial charge in [0, 0.05) is 122 Å². The van der Waals surface area contributed by atoms with E-state index in [0.717, 1.165) is 23.3 Å². The van der Waals surface area contributed by atoms with Crippen molar-refractivity contribution in [1.29, 1.82) is 0 Å². The quantitative estimate of drug-likeness (QED) is 0.0353. The van der Waals surface area contributed by atoms with E-state index in [2.05, 4.69) is 15.5 Å². The van der Waals surface area contributed by atoms with E-state index in [1.807, 2.05) is 97.2 Å². The topological polar surface area (TPSA) is 304 Å². The van der Waals surface area contributed by atoms with E-state index in [1.165, 1.54) is 14.2 Å². The Morgan fingerprint density at radius 3 is 1.91 bits per heavy atom. The number of Topliss-reactive ketones (excluding diaryl/α,β-unsaturated/α-hetero) is 3. The minimum Gasteiger partial charge on any atom is -0.481 e. The summed E-state index contributed by atoms with van der Waals surface area (Å²) in [6.07, 6.45) is 0.646. The number of rotatable bonds is 44. The van der Waals surface area contributed by atoms with Crippen molar-refractivity contribution in [3.63, 3.8) is 0 Å². The highest BCUT2D eigenvalue weighted by atomic mass is 16.5. The molecule has 23 nitrogen and oxygen atoms in total. The first-order valence-electron chi connectivity index (χ1n) is 35.4. The Bertz CT molecular complexity index is 2800. The highest BCUT2D eigenvalue weighted by molar-refractivity contribution is 6.04. The maximum Gasteiger partial charge on any atom is 0.326 e. The summed E-state index contributed by atoms with van der Waals surface area (Å²) in [5, 5.41) is 25.1. The number of aliphatic carboxylic acids is 2. The third-order valence-electron chi connectivity index (χ3n) is 20.0. The van der Waals surface area contributed by atoms with Gasteiger partial charge in [-0.3, -0.25) is 62.5 Å². The van der Waals surface area contributed by atoms with E-state index < -0.39 is 119 Å². The third-order valence-corrected chi connectivity index (χ3v) is 20.0. The molecule has 1 aromatic carbocycles. The van der Waals surface area contributed by atoms with Crippen LogP contribution in [0.1, 0.15) is 198 Å². The van der Waals surface area contributed by atoms with Crippen molar-refractivity contribution in [2.24, 2.45) is 58.2 Å². The molecule has 0 saturated carbocycles. The lowest BCUT2D eigenvalue weighted by Gasteiger charge is -2.41. The van der Waals surface area contributed by atoms with Gasteiger partial charge >= 0.3 is 11.9 Å². The van der Waals surface area contributed by atoms with Crippen LogP contribution in [-0.2, 0) is 73.4 Å². The number of ketones is 3. The van der Waals surface area contributed by atoms with Gasteiger partial charge < -0.3 is 45.0 Å². The predicted octanol–water partition coefficient (Wildman–Crippen LogP) is 8.30. The van der Waals surface area contributed by atoms with Crippen LogP contribution in [0, 0.1) is 58.2 Å². The zero-order chi connectivity index (χ0) is 73.4. The minimum atomic E-state index is -1.42. The number of carbonyl (C=O) groups excluding carboxylic acids is 10. The molecule has 0 spiro atoms. The van der Waals surface area contributed by atoms with Gasteiger partial charge in [0.25, 0.3) is 0 Å². The molecule has 4 N–H and O–H groups in total. The van der Waals surface area contributed by atoms with E-state index in [0.29, 0.717) is 45.3 Å². The standard InChI is InChI=1S/C74H121N7O16/c1-19-48(6)66(79(16)69(91)53(46(2)3)43-59(84)65(47(4)5)77(14)36-25-26-37-78(15)72(95)74(11,12)13)60(96-17)45-63(87)80-38-27-31-56(80)67(97-18)49(7)57(82)42-52(40-50-28-21-20-22-29-50)58(83)41-51(32-33-64(88)89)68(90)76-55(71(93)94)30-23-24-35-75-61(85)34-39-81-62(86)44-54(70(81)92)73(8,9)10/h20-22,28-29,46-49,51-56,60,65-67H,19,23-27,30-45H2,1-18H3,(H,75,85)(H,76,90)(H,88,89)(H,93,94)/t48-,49-,51+,52-,53-,54?,55-,56-,60+,65-,66-,67+/m0/s1. The molecule has 2 saturated heterocycles. The number of hydrogen-bond donors (Lipinski definition) is 4. The van der Waals surface area contributed by atoms with E-state index in [1.54, 1.807) is 59.0 Å². The third kappa shape index (κ3) is 26.0. The van der Waals surface area contributed by atoms with Crippen molar-refractivity contribution < 1.29 is 77.2 Å². The average Bonchev–Trinajstić information content (AvgIpc) is 1.67. The maximum absolute atomic E-state index is 14.9. The number of imide groups is 1. The van der Waals surface area contributed by atoms with Crippen LogP contribution >= 0.6 is 0 Å². The van der Waals surface area contributed by atoms with Crippen molar-refractivity contribution >= 4 is 70.6 Å². The molecule has 23 heteroatoms. The Balaban J connectivity index is 1.76. The molecule has 97 heavy (non-hydrogen) atoms. The van der Waals surface area contributed by atoms with Crippen molar-refractivity contribution in [2.75, 3.05) is 68.1 Å². The second-order valence-corrected chi connectivity index (χ2v) is 30.3. The number of ether oxygens (including phenoxy) is 2. The van der Waals surface area contributed by atoms with Crippen molar-refractivity contribution in [1.82, 2.24) is 35.1 Å². The Morgan fingerprint density at radius 2 is 1.36 bits per heavy atom. The number of carboxylic acid groups (broad SMARTS) is 2. The van der Waals surface area contributed by atoms with Gasteiger partial charge in [-0.1, -0.05) is 127 Å². The molecule has 0 bridgehead atoms. The number of carboxylic acids is 2. The minimum absolute atomic E-state index is 0.0264. The maximum atomic E-state index is 14.9. The van der Waals surface area contributed by atoms with Gasteiger partial charge in [-0.25, -0.2) is 4.79 Å². The van der Waals surface area contributed by atoms with E-state index in [4.69, 9.17) is 9.47 Å². The molecule has 0 radical (unpaired) electrons. The largest absolute Gasteiger partial charge is 0.481 e. The molecular weight excluding hydrogens is 1240 g/mol. The van der Waals surface area contributed by atoms with E-state index in [-0.39, 0.29) is 130 Å². The Morgan fingerprint density at radius 1 is 0.732 bits per heavy atom. The van der Waals surface area contributed by atoms with Crippen LogP contribution in [0.5, 0.6) is 0 Å². The fourth-order valence-corrected chi connectivity index (χ4v) is 14.0. The van der Waals surface area contributed by atoms with Gasteiger partial charge in [-0.2, -0.15) is 0 Å². The Labute approximate surface area is 578 Å². The number of hydrogen-bond acceptors (Lipinski definition) is 15. The van der Waals surface area contributed by atoms with Crippen LogP contribution in [0.2, 0.25) is 0 Å². The molecule has 12 atom stereocenters. The number of carbonyl (C=O) groups is 12. The molecule has 2 fully saturated rings. The first-order valence-corrected chi connectivity index (χ1v) is 35.4.